The highest BCUT2D eigenvalue weighted by Crippen LogP contribution is 2.34. The molecule has 2 aromatic carbocycles. The number of pyridine rings is 1. The Morgan fingerprint density at radius 2 is 1.65 bits per heavy atom. The summed E-state index contributed by atoms with van der Waals surface area (Å²) in [6.45, 7) is 0.409. The fourth-order valence-electron chi connectivity index (χ4n) is 2.43. The van der Waals surface area contributed by atoms with E-state index >= 15 is 0 Å². The van der Waals surface area contributed by atoms with Crippen LogP contribution in [0, 0.1) is 0 Å². The van der Waals surface area contributed by atoms with E-state index in [1.165, 1.54) is 11.3 Å². The third-order valence-corrected chi connectivity index (χ3v) is 4.54. The van der Waals surface area contributed by atoms with Gasteiger partial charge in [0.2, 0.25) is 5.13 Å². The molecule has 0 aliphatic carbocycles. The average molecular weight is 360 g/mol. The number of aromatic nitrogens is 3. The second-order valence-electron chi connectivity index (χ2n) is 5.51. The summed E-state index contributed by atoms with van der Waals surface area (Å²) in [7, 11) is 0. The first-order valence-electron chi connectivity index (χ1n) is 8.16. The van der Waals surface area contributed by atoms with E-state index in [4.69, 9.17) is 4.74 Å². The molecule has 26 heavy (non-hydrogen) atoms. The molecule has 0 aliphatic heterocycles. The minimum absolute atomic E-state index is 0.409. The molecule has 4 aromatic rings. The van der Waals surface area contributed by atoms with Crippen molar-refractivity contribution in [3.05, 3.63) is 84.7 Å². The minimum Gasteiger partial charge on any atom is -0.487 e. The second-order valence-corrected chi connectivity index (χ2v) is 6.49. The van der Waals surface area contributed by atoms with Crippen LogP contribution < -0.4 is 10.1 Å². The molecule has 4 rings (SSSR count). The molecule has 0 atom stereocenters. The lowest BCUT2D eigenvalue weighted by atomic mass is 10.2. The summed E-state index contributed by atoms with van der Waals surface area (Å²) >= 11 is 1.49. The molecule has 0 bridgehead atoms. The Bertz CT molecular complexity index is 973. The Hall–Kier alpha value is -3.25. The van der Waals surface area contributed by atoms with Crippen LogP contribution in [0.15, 0.2) is 79.0 Å². The van der Waals surface area contributed by atoms with Crippen LogP contribution in [0.3, 0.4) is 0 Å². The van der Waals surface area contributed by atoms with Gasteiger partial charge < -0.3 is 10.1 Å². The predicted molar refractivity (Wildman–Crippen MR) is 104 cm³/mol. The molecular weight excluding hydrogens is 344 g/mol. The van der Waals surface area contributed by atoms with Gasteiger partial charge in [-0.25, -0.2) is 0 Å². The summed E-state index contributed by atoms with van der Waals surface area (Å²) in [5, 5.41) is 13.4. The van der Waals surface area contributed by atoms with E-state index in [1.54, 1.807) is 6.20 Å². The highest BCUT2D eigenvalue weighted by atomic mass is 32.1. The van der Waals surface area contributed by atoms with Crippen molar-refractivity contribution in [3.8, 4) is 16.3 Å². The predicted octanol–water partition coefficient (Wildman–Crippen LogP) is 4.92. The topological polar surface area (TPSA) is 59.9 Å². The van der Waals surface area contributed by atoms with Crippen LogP contribution in [-0.2, 0) is 6.61 Å². The van der Waals surface area contributed by atoms with Gasteiger partial charge >= 0.3 is 0 Å². The maximum Gasteiger partial charge on any atom is 0.210 e. The normalized spacial score (nSPS) is 10.5. The van der Waals surface area contributed by atoms with Crippen molar-refractivity contribution >= 4 is 22.2 Å². The molecule has 0 saturated carbocycles. The summed E-state index contributed by atoms with van der Waals surface area (Å²) in [4.78, 5) is 4.29. The minimum atomic E-state index is 0.409. The molecule has 0 fully saturated rings. The number of nitrogens with zero attached hydrogens (tertiary/aromatic N) is 3. The number of benzene rings is 2. The third kappa shape index (κ3) is 3.87. The van der Waals surface area contributed by atoms with E-state index in [2.05, 4.69) is 20.5 Å². The lowest BCUT2D eigenvalue weighted by molar-refractivity contribution is 0.302. The number of nitrogens with one attached hydrogen (secondary N) is 1. The molecule has 0 spiro atoms. The third-order valence-electron chi connectivity index (χ3n) is 3.67. The highest BCUT2D eigenvalue weighted by molar-refractivity contribution is 7.18. The number of hydrogen-bond acceptors (Lipinski definition) is 6. The Morgan fingerprint density at radius 3 is 2.50 bits per heavy atom. The van der Waals surface area contributed by atoms with Gasteiger partial charge in [0, 0.05) is 11.9 Å². The van der Waals surface area contributed by atoms with Crippen molar-refractivity contribution in [1.29, 1.82) is 0 Å². The number of rotatable bonds is 6. The number of hydrogen-bond donors (Lipinski definition) is 1. The molecule has 0 unspecified atom stereocenters. The Morgan fingerprint density at radius 1 is 0.846 bits per heavy atom. The van der Waals surface area contributed by atoms with Crippen LogP contribution >= 0.6 is 11.3 Å². The Balaban J connectivity index is 1.53. The van der Waals surface area contributed by atoms with Gasteiger partial charge in [-0.2, -0.15) is 0 Å². The van der Waals surface area contributed by atoms with Crippen LogP contribution in [0.1, 0.15) is 5.69 Å². The fraction of sp³-hybridized carbons (Fsp3) is 0.0500. The van der Waals surface area contributed by atoms with Gasteiger partial charge in [0.15, 0.2) is 5.01 Å². The molecule has 1 N–H and O–H groups in total. The van der Waals surface area contributed by atoms with E-state index in [9.17, 15) is 0 Å². The van der Waals surface area contributed by atoms with E-state index in [0.29, 0.717) is 6.61 Å². The summed E-state index contributed by atoms with van der Waals surface area (Å²) in [6, 6.07) is 23.5. The van der Waals surface area contributed by atoms with Crippen molar-refractivity contribution < 1.29 is 4.74 Å². The van der Waals surface area contributed by atoms with Crippen molar-refractivity contribution in [1.82, 2.24) is 15.2 Å². The largest absolute Gasteiger partial charge is 0.487 e. The van der Waals surface area contributed by atoms with Gasteiger partial charge in [-0.05, 0) is 36.4 Å². The summed E-state index contributed by atoms with van der Waals surface area (Å²) < 4.78 is 5.96. The Kier molecular flexibility index (Phi) is 4.84. The molecule has 0 radical (unpaired) electrons. The number of anilines is 2. The lowest BCUT2D eigenvalue weighted by Crippen LogP contribution is -1.98. The van der Waals surface area contributed by atoms with Crippen LogP contribution in [0.5, 0.6) is 5.75 Å². The van der Waals surface area contributed by atoms with Gasteiger partial charge in [-0.15, -0.1) is 10.2 Å². The van der Waals surface area contributed by atoms with Gasteiger partial charge in [0.05, 0.1) is 11.3 Å². The zero-order chi connectivity index (χ0) is 17.6. The van der Waals surface area contributed by atoms with Gasteiger partial charge in [-0.1, -0.05) is 47.7 Å². The van der Waals surface area contributed by atoms with Crippen molar-refractivity contribution in [2.75, 3.05) is 5.32 Å². The van der Waals surface area contributed by atoms with E-state index < -0.39 is 0 Å². The molecule has 128 valence electrons. The van der Waals surface area contributed by atoms with Crippen LogP contribution in [0.4, 0.5) is 10.8 Å². The SMILES string of the molecule is c1ccc(Nc2nnc(-c3ccccc3OCc3ccccn3)s2)cc1. The van der Waals surface area contributed by atoms with Crippen molar-refractivity contribution in [2.24, 2.45) is 0 Å². The molecule has 0 saturated heterocycles. The van der Waals surface area contributed by atoms with Gasteiger partial charge in [0.1, 0.15) is 12.4 Å². The second kappa shape index (κ2) is 7.76. The molecule has 2 heterocycles. The number of para-hydroxylation sites is 2. The maximum atomic E-state index is 5.96. The molecule has 0 amide bonds. The fourth-order valence-corrected chi connectivity index (χ4v) is 3.23. The van der Waals surface area contributed by atoms with Gasteiger partial charge in [0.25, 0.3) is 0 Å². The van der Waals surface area contributed by atoms with Crippen LogP contribution in [0.2, 0.25) is 0 Å². The molecular formula is C20H16N4OS. The van der Waals surface area contributed by atoms with E-state index in [-0.39, 0.29) is 0 Å². The first-order valence-corrected chi connectivity index (χ1v) is 8.98. The summed E-state index contributed by atoms with van der Waals surface area (Å²) in [5.41, 5.74) is 2.78. The maximum absolute atomic E-state index is 5.96. The van der Waals surface area contributed by atoms with Crippen LogP contribution in [0.25, 0.3) is 10.6 Å². The molecule has 6 heteroatoms. The zero-order valence-corrected chi connectivity index (χ0v) is 14.7. The summed E-state index contributed by atoms with van der Waals surface area (Å²) in [6.07, 6.45) is 1.76. The molecule has 5 nitrogen and oxygen atoms in total. The van der Waals surface area contributed by atoms with Crippen molar-refractivity contribution in [3.63, 3.8) is 0 Å². The zero-order valence-electron chi connectivity index (χ0n) is 13.9. The van der Waals surface area contributed by atoms with Crippen molar-refractivity contribution in [2.45, 2.75) is 6.61 Å². The standard InChI is InChI=1S/C20H16N4OS/c1-2-8-15(9-3-1)22-20-24-23-19(26-20)17-11-4-5-12-18(17)25-14-16-10-6-7-13-21-16/h1-13H,14H2,(H,22,24). The smallest absolute Gasteiger partial charge is 0.210 e. The molecule has 2 aromatic heterocycles. The molecule has 0 aliphatic rings. The van der Waals surface area contributed by atoms with Gasteiger partial charge in [-0.3, -0.25) is 4.98 Å². The summed E-state index contributed by atoms with van der Waals surface area (Å²) in [5.74, 6) is 0.764. The number of ether oxygens (including phenoxy) is 1. The first kappa shape index (κ1) is 16.2. The van der Waals surface area contributed by atoms with E-state index in [0.717, 1.165) is 32.8 Å². The Labute approximate surface area is 155 Å². The average Bonchev–Trinajstić information content (AvgIpc) is 3.16. The quantitative estimate of drug-likeness (QED) is 0.529. The monoisotopic (exact) mass is 360 g/mol. The first-order chi connectivity index (χ1) is 12.9. The lowest BCUT2D eigenvalue weighted by Gasteiger charge is -2.09. The van der Waals surface area contributed by atoms with E-state index in [1.807, 2.05) is 72.8 Å². The highest BCUT2D eigenvalue weighted by Gasteiger charge is 2.12. The van der Waals surface area contributed by atoms with Crippen LogP contribution in [-0.4, -0.2) is 15.2 Å².